The van der Waals surface area contributed by atoms with E-state index in [9.17, 15) is 0 Å². The molecule has 2 aromatic heterocycles. The van der Waals surface area contributed by atoms with E-state index < -0.39 is 0 Å². The van der Waals surface area contributed by atoms with Crippen molar-refractivity contribution in [2.75, 3.05) is 9.80 Å². The first kappa shape index (κ1) is 38.5. The summed E-state index contributed by atoms with van der Waals surface area (Å²) in [6, 6.07) is 87.0. The van der Waals surface area contributed by atoms with Crippen molar-refractivity contribution in [2.24, 2.45) is 0 Å². The van der Waals surface area contributed by atoms with Crippen LogP contribution in [0.5, 0.6) is 0 Å². The maximum absolute atomic E-state index is 6.86. The van der Waals surface area contributed by atoms with Gasteiger partial charge in [-0.3, -0.25) is 0 Å². The SMILES string of the molecule is c1ccc(N(c2ccccc2)c2ccc(-c3ccc(N(c4cc[n+](-c5ccccc5)cc4)c4cc5oc6ccc7ccccc7c6c5c5ccccc45)c4ccccc34)c3ccccc23)cc1. The molecule has 0 amide bonds. The summed E-state index contributed by atoms with van der Waals surface area (Å²) in [6.45, 7) is 0. The Hall–Kier alpha value is -8.99. The van der Waals surface area contributed by atoms with Crippen molar-refractivity contribution in [2.45, 2.75) is 0 Å². The second-order valence-corrected chi connectivity index (χ2v) is 17.1. The van der Waals surface area contributed by atoms with Crippen LogP contribution in [0, 0.1) is 0 Å². The molecule has 0 unspecified atom stereocenters. The van der Waals surface area contributed by atoms with Gasteiger partial charge in [-0.25, -0.2) is 0 Å². The highest BCUT2D eigenvalue weighted by molar-refractivity contribution is 6.28. The zero-order valence-corrected chi connectivity index (χ0v) is 36.5. The third-order valence-electron chi connectivity index (χ3n) is 13.3. The van der Waals surface area contributed by atoms with Crippen LogP contribution in [0.1, 0.15) is 0 Å². The number of anilines is 6. The molecule has 4 heteroatoms. The van der Waals surface area contributed by atoms with Crippen LogP contribution >= 0.6 is 0 Å². The molecule has 0 spiro atoms. The van der Waals surface area contributed by atoms with Crippen molar-refractivity contribution in [1.82, 2.24) is 0 Å². The van der Waals surface area contributed by atoms with Crippen molar-refractivity contribution in [3.05, 3.63) is 255 Å². The predicted octanol–water partition coefficient (Wildman–Crippen LogP) is 17.1. The van der Waals surface area contributed by atoms with Gasteiger partial charge in [0.25, 0.3) is 0 Å². The monoisotopic (exact) mass is 856 g/mol. The van der Waals surface area contributed by atoms with Crippen LogP contribution in [0.25, 0.3) is 81.8 Å². The summed E-state index contributed by atoms with van der Waals surface area (Å²) < 4.78 is 9.03. The van der Waals surface area contributed by atoms with Gasteiger partial charge >= 0.3 is 0 Å². The molecule has 0 N–H and O–H groups in total. The van der Waals surface area contributed by atoms with Crippen LogP contribution in [-0.4, -0.2) is 0 Å². The van der Waals surface area contributed by atoms with Gasteiger partial charge in [-0.1, -0.05) is 170 Å². The summed E-state index contributed by atoms with van der Waals surface area (Å²) >= 11 is 0. The van der Waals surface area contributed by atoms with Crippen LogP contribution in [0.15, 0.2) is 259 Å². The number of hydrogen-bond acceptors (Lipinski definition) is 3. The second-order valence-electron chi connectivity index (χ2n) is 17.1. The molecule has 0 aliphatic carbocycles. The molecule has 13 rings (SSSR count). The third-order valence-corrected chi connectivity index (χ3v) is 13.3. The van der Waals surface area contributed by atoms with Crippen molar-refractivity contribution < 1.29 is 8.98 Å². The van der Waals surface area contributed by atoms with E-state index in [1.165, 1.54) is 38.1 Å². The summed E-state index contributed by atoms with van der Waals surface area (Å²) in [4.78, 5) is 4.78. The number of pyridine rings is 1. The van der Waals surface area contributed by atoms with Crippen molar-refractivity contribution in [3.63, 3.8) is 0 Å². The zero-order valence-electron chi connectivity index (χ0n) is 36.5. The lowest BCUT2D eigenvalue weighted by molar-refractivity contribution is -0.595. The number of furan rings is 1. The molecule has 314 valence electrons. The first-order valence-electron chi connectivity index (χ1n) is 22.8. The van der Waals surface area contributed by atoms with Crippen LogP contribution in [0.2, 0.25) is 0 Å². The third kappa shape index (κ3) is 6.41. The van der Waals surface area contributed by atoms with E-state index in [1.807, 2.05) is 0 Å². The van der Waals surface area contributed by atoms with E-state index in [2.05, 4.69) is 269 Å². The quantitative estimate of drug-likeness (QED) is 0.142. The van der Waals surface area contributed by atoms with Crippen LogP contribution in [0.4, 0.5) is 34.1 Å². The maximum atomic E-state index is 6.86. The molecule has 13 aromatic rings. The number of fused-ring (bicyclic) bond motifs is 9. The Morgan fingerprint density at radius 1 is 0.299 bits per heavy atom. The molecule has 0 saturated heterocycles. The normalized spacial score (nSPS) is 11.6. The fourth-order valence-electron chi connectivity index (χ4n) is 10.3. The molecule has 0 radical (unpaired) electrons. The summed E-state index contributed by atoms with van der Waals surface area (Å²) in [5.74, 6) is 0. The Labute approximate surface area is 388 Å². The van der Waals surface area contributed by atoms with E-state index in [0.717, 1.165) is 77.9 Å². The Morgan fingerprint density at radius 2 is 0.746 bits per heavy atom. The highest BCUT2D eigenvalue weighted by Crippen LogP contribution is 2.49. The lowest BCUT2D eigenvalue weighted by Gasteiger charge is -2.29. The minimum atomic E-state index is 0.855. The first-order chi connectivity index (χ1) is 33.3. The minimum absolute atomic E-state index is 0.855. The molecule has 0 aliphatic heterocycles. The molecule has 0 atom stereocenters. The smallest absolute Gasteiger partial charge is 0.210 e. The molecule has 0 fully saturated rings. The van der Waals surface area contributed by atoms with Crippen LogP contribution < -0.4 is 14.4 Å². The number of benzene rings is 11. The van der Waals surface area contributed by atoms with E-state index in [1.54, 1.807) is 0 Å². The van der Waals surface area contributed by atoms with Gasteiger partial charge in [0, 0.05) is 68.6 Å². The molecule has 67 heavy (non-hydrogen) atoms. The Morgan fingerprint density at radius 3 is 1.34 bits per heavy atom. The lowest BCUT2D eigenvalue weighted by atomic mass is 9.91. The highest BCUT2D eigenvalue weighted by atomic mass is 16.3. The summed E-state index contributed by atoms with van der Waals surface area (Å²) in [5.41, 5.74) is 11.7. The molecule has 2 heterocycles. The Bertz CT molecular complexity index is 3940. The largest absolute Gasteiger partial charge is 0.456 e. The Kier molecular flexibility index (Phi) is 9.14. The average Bonchev–Trinajstić information content (AvgIpc) is 3.80. The number of rotatable bonds is 8. The van der Waals surface area contributed by atoms with Gasteiger partial charge in [0.1, 0.15) is 11.2 Å². The van der Waals surface area contributed by atoms with Gasteiger partial charge in [0.05, 0.1) is 22.7 Å². The maximum Gasteiger partial charge on any atom is 0.210 e. The average molecular weight is 857 g/mol. The van der Waals surface area contributed by atoms with Gasteiger partial charge in [-0.2, -0.15) is 4.57 Å². The molecular formula is C63H42N3O+. The fraction of sp³-hybridized carbons (Fsp3) is 0. The summed E-state index contributed by atoms with van der Waals surface area (Å²) in [6.07, 6.45) is 4.31. The number of hydrogen-bond donors (Lipinski definition) is 0. The fourth-order valence-corrected chi connectivity index (χ4v) is 10.3. The number of aromatic nitrogens is 1. The van der Waals surface area contributed by atoms with Gasteiger partial charge < -0.3 is 14.2 Å². The molecule has 11 aromatic carbocycles. The Balaban J connectivity index is 1.04. The van der Waals surface area contributed by atoms with Crippen molar-refractivity contribution in [3.8, 4) is 16.8 Å². The molecular weight excluding hydrogens is 815 g/mol. The van der Waals surface area contributed by atoms with E-state index in [4.69, 9.17) is 4.42 Å². The van der Waals surface area contributed by atoms with E-state index in [0.29, 0.717) is 0 Å². The predicted molar refractivity (Wildman–Crippen MR) is 280 cm³/mol. The van der Waals surface area contributed by atoms with Gasteiger partial charge in [0.15, 0.2) is 12.4 Å². The van der Waals surface area contributed by atoms with Crippen molar-refractivity contribution in [1.29, 1.82) is 0 Å². The van der Waals surface area contributed by atoms with Crippen molar-refractivity contribution >= 4 is 99.2 Å². The van der Waals surface area contributed by atoms with Gasteiger partial charge in [0.2, 0.25) is 5.69 Å². The summed E-state index contributed by atoms with van der Waals surface area (Å²) in [5, 5.41) is 11.6. The standard InChI is InChI=1S/C63H42N3O/c1-4-19-44(20-5-1)64-40-38-47(39-41-64)66(59-42-61-63(56-31-17-16-30-55(56)59)62-48-25-11-10-18-43(48)32-37-60(62)67-61)58-36-34-52(50-27-13-15-29-54(50)58)51-33-35-57(53-28-14-12-26-49(51)53)65(45-21-6-2-7-22-45)46-23-8-3-9-24-46/h1-42H/q+1. The van der Waals surface area contributed by atoms with Crippen LogP contribution in [0.3, 0.4) is 0 Å². The molecule has 0 bridgehead atoms. The molecule has 0 aliphatic rings. The lowest BCUT2D eigenvalue weighted by Crippen LogP contribution is -2.29. The number of nitrogens with zero attached hydrogens (tertiary/aromatic N) is 3. The van der Waals surface area contributed by atoms with Crippen LogP contribution in [-0.2, 0) is 0 Å². The topological polar surface area (TPSA) is 23.5 Å². The molecule has 0 saturated carbocycles. The summed E-state index contributed by atoms with van der Waals surface area (Å²) in [7, 11) is 0. The highest BCUT2D eigenvalue weighted by Gasteiger charge is 2.25. The van der Waals surface area contributed by atoms with Gasteiger partial charge in [-0.15, -0.1) is 0 Å². The molecule has 4 nitrogen and oxygen atoms in total. The second kappa shape index (κ2) is 15.9. The van der Waals surface area contributed by atoms with E-state index in [-0.39, 0.29) is 0 Å². The zero-order chi connectivity index (χ0) is 44.3. The minimum Gasteiger partial charge on any atom is -0.456 e. The van der Waals surface area contributed by atoms with Gasteiger partial charge in [-0.05, 0) is 80.5 Å². The number of para-hydroxylation sites is 3. The van der Waals surface area contributed by atoms with E-state index >= 15 is 0 Å². The first-order valence-corrected chi connectivity index (χ1v) is 22.8.